The summed E-state index contributed by atoms with van der Waals surface area (Å²) in [6.45, 7) is 3.40. The van der Waals surface area contributed by atoms with Crippen LogP contribution in [0.5, 0.6) is 0 Å². The molecule has 5 nitrogen and oxygen atoms in total. The number of amides is 1. The number of carbonyl (C=O) groups excluding carboxylic acids is 1. The summed E-state index contributed by atoms with van der Waals surface area (Å²) in [6, 6.07) is 8.57. The van der Waals surface area contributed by atoms with E-state index in [0.29, 0.717) is 17.4 Å². The maximum absolute atomic E-state index is 13.1. The fourth-order valence-corrected chi connectivity index (χ4v) is 4.79. The molecule has 0 aliphatic carbocycles. The summed E-state index contributed by atoms with van der Waals surface area (Å²) < 4.78 is 13.1. The van der Waals surface area contributed by atoms with Gasteiger partial charge in [-0.2, -0.15) is 16.9 Å². The average Bonchev–Trinajstić information content (AvgIpc) is 3.19. The molecule has 1 amide bonds. The third kappa shape index (κ3) is 3.78. The van der Waals surface area contributed by atoms with Crippen LogP contribution in [0.1, 0.15) is 23.3 Å². The maximum atomic E-state index is 13.1. The van der Waals surface area contributed by atoms with E-state index >= 15 is 0 Å². The van der Waals surface area contributed by atoms with E-state index in [0.717, 1.165) is 31.7 Å². The molecule has 7 heteroatoms. The molecule has 2 saturated heterocycles. The van der Waals surface area contributed by atoms with Crippen LogP contribution in [0, 0.1) is 5.82 Å². The molecule has 1 aromatic heterocycles. The Hall–Kier alpha value is -1.86. The fourth-order valence-electron chi connectivity index (χ4n) is 3.71. The number of nitrogens with one attached hydrogen (secondary N) is 1. The van der Waals surface area contributed by atoms with Crippen molar-refractivity contribution < 1.29 is 9.18 Å². The summed E-state index contributed by atoms with van der Waals surface area (Å²) in [5.41, 5.74) is 1.94. The van der Waals surface area contributed by atoms with Crippen LogP contribution in [0.2, 0.25) is 0 Å². The smallest absolute Gasteiger partial charge is 0.271 e. The number of carbonyl (C=O) groups is 1. The van der Waals surface area contributed by atoms with Crippen molar-refractivity contribution >= 4 is 17.7 Å². The Balaban J connectivity index is 1.37. The van der Waals surface area contributed by atoms with Crippen LogP contribution in [0.3, 0.4) is 0 Å². The van der Waals surface area contributed by atoms with Crippen LogP contribution in [0.4, 0.5) is 4.39 Å². The molecule has 0 saturated carbocycles. The van der Waals surface area contributed by atoms with Gasteiger partial charge >= 0.3 is 0 Å². The molecule has 4 rings (SSSR count). The second kappa shape index (κ2) is 7.80. The predicted octanol–water partition coefficient (Wildman–Crippen LogP) is 2.87. The van der Waals surface area contributed by atoms with Crippen molar-refractivity contribution in [3.05, 3.63) is 41.8 Å². The normalized spacial score (nSPS) is 19.7. The standard InChI is InChI=1S/C19H23FN4OS/c20-15-3-1-14(2-4-15)17-13-18(22-21-17)19(25)24-9-7-23(8-10-24)16-5-11-26-12-6-16/h1-4,13,16H,5-12H2,(H,21,22). The van der Waals surface area contributed by atoms with E-state index < -0.39 is 0 Å². The third-order valence-electron chi connectivity index (χ3n) is 5.26. The van der Waals surface area contributed by atoms with E-state index in [4.69, 9.17) is 0 Å². The summed E-state index contributed by atoms with van der Waals surface area (Å²) in [5.74, 6) is 2.22. The zero-order valence-corrected chi connectivity index (χ0v) is 15.5. The molecule has 0 atom stereocenters. The summed E-state index contributed by atoms with van der Waals surface area (Å²) in [5, 5.41) is 7.05. The highest BCUT2D eigenvalue weighted by Crippen LogP contribution is 2.23. The van der Waals surface area contributed by atoms with Crippen molar-refractivity contribution in [2.75, 3.05) is 37.7 Å². The SMILES string of the molecule is O=C(c1cc(-c2ccc(F)cc2)n[nH]1)N1CCN(C2CCSCC2)CC1. The minimum atomic E-state index is -0.282. The van der Waals surface area contributed by atoms with Gasteiger partial charge in [-0.05, 0) is 54.7 Å². The number of hydrogen-bond donors (Lipinski definition) is 1. The van der Waals surface area contributed by atoms with Gasteiger partial charge in [-0.15, -0.1) is 0 Å². The van der Waals surface area contributed by atoms with Gasteiger partial charge < -0.3 is 4.90 Å². The number of benzene rings is 1. The average molecular weight is 374 g/mol. The van der Waals surface area contributed by atoms with Gasteiger partial charge in [-0.3, -0.25) is 14.8 Å². The van der Waals surface area contributed by atoms with Crippen molar-refractivity contribution in [3.63, 3.8) is 0 Å². The molecule has 2 aromatic rings. The molecule has 2 aliphatic heterocycles. The van der Waals surface area contributed by atoms with Crippen molar-refractivity contribution in [1.29, 1.82) is 0 Å². The number of rotatable bonds is 3. The molecular formula is C19H23FN4OS. The van der Waals surface area contributed by atoms with Gasteiger partial charge in [0.1, 0.15) is 11.5 Å². The van der Waals surface area contributed by atoms with Crippen LogP contribution >= 0.6 is 11.8 Å². The molecule has 0 bridgehead atoms. The molecule has 0 unspecified atom stereocenters. The van der Waals surface area contributed by atoms with Gasteiger partial charge in [0.15, 0.2) is 0 Å². The lowest BCUT2D eigenvalue weighted by molar-refractivity contribution is 0.0554. The Morgan fingerprint density at radius 3 is 2.50 bits per heavy atom. The molecule has 26 heavy (non-hydrogen) atoms. The number of halogens is 1. The first-order chi connectivity index (χ1) is 12.7. The number of thioether (sulfide) groups is 1. The number of H-pyrrole nitrogens is 1. The van der Waals surface area contributed by atoms with Crippen molar-refractivity contribution in [2.45, 2.75) is 18.9 Å². The summed E-state index contributed by atoms with van der Waals surface area (Å²) in [4.78, 5) is 17.2. The Bertz CT molecular complexity index is 749. The minimum absolute atomic E-state index is 0.00953. The van der Waals surface area contributed by atoms with E-state index in [1.807, 2.05) is 16.7 Å². The topological polar surface area (TPSA) is 52.2 Å². The summed E-state index contributed by atoms with van der Waals surface area (Å²) in [7, 11) is 0. The molecule has 0 radical (unpaired) electrons. The first kappa shape index (κ1) is 17.5. The molecular weight excluding hydrogens is 351 g/mol. The van der Waals surface area contributed by atoms with E-state index in [1.54, 1.807) is 18.2 Å². The highest BCUT2D eigenvalue weighted by molar-refractivity contribution is 7.99. The lowest BCUT2D eigenvalue weighted by Gasteiger charge is -2.40. The van der Waals surface area contributed by atoms with Gasteiger partial charge in [0, 0.05) is 37.8 Å². The molecule has 1 aromatic carbocycles. The molecule has 1 N–H and O–H groups in total. The quantitative estimate of drug-likeness (QED) is 0.898. The largest absolute Gasteiger partial charge is 0.335 e. The van der Waals surface area contributed by atoms with Crippen LogP contribution in [0.25, 0.3) is 11.3 Å². The van der Waals surface area contributed by atoms with E-state index in [-0.39, 0.29) is 11.7 Å². The second-order valence-corrected chi connectivity index (χ2v) is 8.07. The first-order valence-electron chi connectivity index (χ1n) is 9.13. The van der Waals surface area contributed by atoms with Crippen LogP contribution < -0.4 is 0 Å². The summed E-state index contributed by atoms with van der Waals surface area (Å²) in [6.07, 6.45) is 2.53. The lowest BCUT2D eigenvalue weighted by Crippen LogP contribution is -2.52. The van der Waals surface area contributed by atoms with Crippen LogP contribution in [0.15, 0.2) is 30.3 Å². The van der Waals surface area contributed by atoms with Gasteiger partial charge in [0.05, 0.1) is 5.69 Å². The van der Waals surface area contributed by atoms with Gasteiger partial charge in [0.2, 0.25) is 0 Å². The predicted molar refractivity (Wildman–Crippen MR) is 102 cm³/mol. The first-order valence-corrected chi connectivity index (χ1v) is 10.3. The number of piperazine rings is 1. The number of nitrogens with zero attached hydrogens (tertiary/aromatic N) is 3. The zero-order valence-electron chi connectivity index (χ0n) is 14.7. The van der Waals surface area contributed by atoms with E-state index in [2.05, 4.69) is 15.1 Å². The van der Waals surface area contributed by atoms with Crippen LogP contribution in [-0.2, 0) is 0 Å². The van der Waals surface area contributed by atoms with E-state index in [9.17, 15) is 9.18 Å². The molecule has 3 heterocycles. The highest BCUT2D eigenvalue weighted by Gasteiger charge is 2.28. The molecule has 2 fully saturated rings. The molecule has 2 aliphatic rings. The second-order valence-electron chi connectivity index (χ2n) is 6.85. The highest BCUT2D eigenvalue weighted by atomic mass is 32.2. The van der Waals surface area contributed by atoms with Crippen molar-refractivity contribution in [1.82, 2.24) is 20.0 Å². The van der Waals surface area contributed by atoms with Crippen molar-refractivity contribution in [2.24, 2.45) is 0 Å². The van der Waals surface area contributed by atoms with E-state index in [1.165, 1.54) is 36.5 Å². The summed E-state index contributed by atoms with van der Waals surface area (Å²) >= 11 is 2.04. The third-order valence-corrected chi connectivity index (χ3v) is 6.31. The molecule has 0 spiro atoms. The lowest BCUT2D eigenvalue weighted by atomic mass is 10.1. The van der Waals surface area contributed by atoms with Crippen molar-refractivity contribution in [3.8, 4) is 11.3 Å². The van der Waals surface area contributed by atoms with Gasteiger partial charge in [-0.1, -0.05) is 0 Å². The Morgan fingerprint density at radius 1 is 1.12 bits per heavy atom. The number of hydrogen-bond acceptors (Lipinski definition) is 4. The zero-order chi connectivity index (χ0) is 17.9. The Morgan fingerprint density at radius 2 is 1.81 bits per heavy atom. The van der Waals surface area contributed by atoms with Crippen LogP contribution in [-0.4, -0.2) is 69.6 Å². The number of aromatic nitrogens is 2. The monoisotopic (exact) mass is 374 g/mol. The Kier molecular flexibility index (Phi) is 5.26. The Labute approximate surface area is 156 Å². The maximum Gasteiger partial charge on any atom is 0.271 e. The molecule has 138 valence electrons. The van der Waals surface area contributed by atoms with Gasteiger partial charge in [0.25, 0.3) is 5.91 Å². The minimum Gasteiger partial charge on any atom is -0.335 e. The fraction of sp³-hybridized carbons (Fsp3) is 0.474. The van der Waals surface area contributed by atoms with Gasteiger partial charge in [-0.25, -0.2) is 4.39 Å². The number of aromatic amines is 1.